The number of carbonyl (C=O) groups is 1. The predicted molar refractivity (Wildman–Crippen MR) is 118 cm³/mol. The Labute approximate surface area is 176 Å². The Balaban J connectivity index is 1.83. The molecule has 6 nitrogen and oxygen atoms in total. The van der Waals surface area contributed by atoms with Crippen LogP contribution in [-0.4, -0.2) is 37.3 Å². The van der Waals surface area contributed by atoms with Gasteiger partial charge in [-0.05, 0) is 57.7 Å². The molecule has 1 N–H and O–H groups in total. The highest BCUT2D eigenvalue weighted by Gasteiger charge is 2.16. The number of amides is 1. The molecule has 2 aromatic heterocycles. The predicted octanol–water partition coefficient (Wildman–Crippen LogP) is 3.96. The van der Waals surface area contributed by atoms with E-state index in [0.717, 1.165) is 24.2 Å². The first-order valence-electron chi connectivity index (χ1n) is 9.99. The second kappa shape index (κ2) is 8.95. The van der Waals surface area contributed by atoms with Crippen molar-refractivity contribution in [1.29, 1.82) is 0 Å². The molecule has 29 heavy (non-hydrogen) atoms. The molecule has 0 fully saturated rings. The zero-order valence-corrected chi connectivity index (χ0v) is 18.9. The van der Waals surface area contributed by atoms with Crippen molar-refractivity contribution in [2.75, 3.05) is 5.75 Å². The maximum atomic E-state index is 12.0. The lowest BCUT2D eigenvalue weighted by Gasteiger charge is -2.12. The number of benzene rings is 1. The van der Waals surface area contributed by atoms with E-state index in [1.807, 2.05) is 20.8 Å². The molecule has 3 aromatic rings. The summed E-state index contributed by atoms with van der Waals surface area (Å²) in [6.45, 7) is 12.4. The van der Waals surface area contributed by atoms with E-state index in [1.165, 1.54) is 34.0 Å². The summed E-state index contributed by atoms with van der Waals surface area (Å²) in [5.41, 5.74) is 7.00. The highest BCUT2D eigenvalue weighted by molar-refractivity contribution is 7.99. The second-order valence-corrected chi connectivity index (χ2v) is 8.58. The molecule has 2 heterocycles. The van der Waals surface area contributed by atoms with Gasteiger partial charge in [0.15, 0.2) is 0 Å². The number of carbonyl (C=O) groups excluding carboxylic acids is 1. The first-order chi connectivity index (χ1) is 13.8. The van der Waals surface area contributed by atoms with Crippen LogP contribution in [0.2, 0.25) is 0 Å². The van der Waals surface area contributed by atoms with Crippen LogP contribution in [-0.2, 0) is 11.2 Å². The number of aromatic nitrogens is 4. The maximum absolute atomic E-state index is 12.0. The Morgan fingerprint density at radius 3 is 2.69 bits per heavy atom. The van der Waals surface area contributed by atoms with Crippen LogP contribution in [0.1, 0.15) is 53.9 Å². The van der Waals surface area contributed by atoms with Crippen LogP contribution >= 0.6 is 11.8 Å². The van der Waals surface area contributed by atoms with Crippen molar-refractivity contribution in [2.24, 2.45) is 0 Å². The second-order valence-electron chi connectivity index (χ2n) is 7.64. The van der Waals surface area contributed by atoms with Gasteiger partial charge in [-0.15, -0.1) is 5.10 Å². The zero-order valence-electron chi connectivity index (χ0n) is 18.0. The molecule has 0 spiro atoms. The number of hydrogen-bond acceptors (Lipinski definition) is 5. The molecule has 0 saturated carbocycles. The van der Waals surface area contributed by atoms with Crippen molar-refractivity contribution in [3.05, 3.63) is 51.8 Å². The Hall–Kier alpha value is -2.41. The fraction of sp³-hybridized carbons (Fsp3) is 0.455. The van der Waals surface area contributed by atoms with Crippen molar-refractivity contribution in [3.63, 3.8) is 0 Å². The van der Waals surface area contributed by atoms with Crippen molar-refractivity contribution in [3.8, 4) is 0 Å². The average Bonchev–Trinajstić information content (AvgIpc) is 3.09. The number of nitrogens with one attached hydrogen (secondary N) is 1. The Kier molecular flexibility index (Phi) is 6.57. The quantitative estimate of drug-likeness (QED) is 0.596. The highest BCUT2D eigenvalue weighted by atomic mass is 32.2. The molecule has 1 aromatic carbocycles. The minimum absolute atomic E-state index is 0.000297. The molecular weight excluding hydrogens is 382 g/mol. The van der Waals surface area contributed by atoms with Crippen molar-refractivity contribution in [2.45, 2.75) is 65.6 Å². The van der Waals surface area contributed by atoms with E-state index < -0.39 is 0 Å². The number of nitrogens with zero attached hydrogens (tertiary/aromatic N) is 4. The number of hydrogen-bond donors (Lipinski definition) is 1. The summed E-state index contributed by atoms with van der Waals surface area (Å²) in [6, 6.07) is 6.71. The van der Waals surface area contributed by atoms with Crippen molar-refractivity contribution < 1.29 is 4.79 Å². The fourth-order valence-corrected chi connectivity index (χ4v) is 3.87. The molecule has 0 saturated heterocycles. The monoisotopic (exact) mass is 411 g/mol. The molecule has 7 heteroatoms. The summed E-state index contributed by atoms with van der Waals surface area (Å²) in [5.74, 6) is 0.878. The number of thioether (sulfide) groups is 1. The van der Waals surface area contributed by atoms with Crippen LogP contribution in [0.25, 0.3) is 5.78 Å². The summed E-state index contributed by atoms with van der Waals surface area (Å²) in [5, 5.41) is 8.13. The molecule has 154 valence electrons. The third-order valence-corrected chi connectivity index (χ3v) is 6.09. The van der Waals surface area contributed by atoms with Crippen LogP contribution < -0.4 is 5.32 Å². The number of rotatable bonds is 7. The van der Waals surface area contributed by atoms with Crippen molar-refractivity contribution >= 4 is 23.4 Å². The Morgan fingerprint density at radius 2 is 1.97 bits per heavy atom. The highest BCUT2D eigenvalue weighted by Crippen LogP contribution is 2.22. The third kappa shape index (κ3) is 4.96. The van der Waals surface area contributed by atoms with Gasteiger partial charge in [-0.3, -0.25) is 4.79 Å². The maximum Gasteiger partial charge on any atom is 0.253 e. The van der Waals surface area contributed by atoms with E-state index in [9.17, 15) is 4.79 Å². The van der Waals surface area contributed by atoms with Gasteiger partial charge in [0.2, 0.25) is 11.1 Å². The lowest BCUT2D eigenvalue weighted by Crippen LogP contribution is -2.33. The molecule has 0 aliphatic rings. The van der Waals surface area contributed by atoms with Crippen LogP contribution in [0, 0.1) is 27.7 Å². The van der Waals surface area contributed by atoms with E-state index >= 15 is 0 Å². The molecule has 1 unspecified atom stereocenters. The summed E-state index contributed by atoms with van der Waals surface area (Å²) >= 11 is 1.34. The number of aryl methyl sites for hydroxylation is 4. The van der Waals surface area contributed by atoms with Gasteiger partial charge in [-0.2, -0.15) is 4.98 Å². The minimum atomic E-state index is -0.000297. The normalized spacial score (nSPS) is 12.3. The summed E-state index contributed by atoms with van der Waals surface area (Å²) in [7, 11) is 0. The standard InChI is InChI=1S/C22H29N5OS/c1-7-15(4)23-20(28)12-29-22-25-21-24-16(5)19(17(6)27(21)26-22)11-18-10-13(2)8-9-14(18)3/h8-10,15H,7,11-12H2,1-6H3,(H,23,28). The first kappa shape index (κ1) is 21.3. The lowest BCUT2D eigenvalue weighted by molar-refractivity contribution is -0.119. The van der Waals surface area contributed by atoms with Gasteiger partial charge in [0.05, 0.1) is 5.75 Å². The Morgan fingerprint density at radius 1 is 1.21 bits per heavy atom. The van der Waals surface area contributed by atoms with Crippen LogP contribution in [0.15, 0.2) is 23.4 Å². The molecule has 1 atom stereocenters. The smallest absolute Gasteiger partial charge is 0.253 e. The number of fused-ring (bicyclic) bond motifs is 1. The summed E-state index contributed by atoms with van der Waals surface area (Å²) in [4.78, 5) is 21.2. The van der Waals surface area contributed by atoms with Crippen LogP contribution in [0.4, 0.5) is 0 Å². The molecule has 0 bridgehead atoms. The summed E-state index contributed by atoms with van der Waals surface area (Å²) in [6.07, 6.45) is 1.72. The van der Waals surface area contributed by atoms with Crippen LogP contribution in [0.3, 0.4) is 0 Å². The van der Waals surface area contributed by atoms with E-state index in [4.69, 9.17) is 0 Å². The average molecular weight is 412 g/mol. The van der Waals surface area contributed by atoms with Gasteiger partial charge in [-0.25, -0.2) is 9.50 Å². The first-order valence-corrected chi connectivity index (χ1v) is 11.0. The molecule has 3 rings (SSSR count). The van der Waals surface area contributed by atoms with Gasteiger partial charge < -0.3 is 5.32 Å². The molecule has 0 aliphatic carbocycles. The fourth-order valence-electron chi connectivity index (χ4n) is 3.24. The van der Waals surface area contributed by atoms with E-state index in [-0.39, 0.29) is 11.9 Å². The zero-order chi connectivity index (χ0) is 21.1. The lowest BCUT2D eigenvalue weighted by atomic mass is 9.97. The largest absolute Gasteiger partial charge is 0.353 e. The minimum Gasteiger partial charge on any atom is -0.353 e. The molecule has 0 aliphatic heterocycles. The Bertz CT molecular complexity index is 1040. The van der Waals surface area contributed by atoms with Gasteiger partial charge in [0, 0.05) is 23.9 Å². The van der Waals surface area contributed by atoms with Gasteiger partial charge in [0.1, 0.15) is 0 Å². The van der Waals surface area contributed by atoms with E-state index in [2.05, 4.69) is 59.4 Å². The van der Waals surface area contributed by atoms with E-state index in [0.29, 0.717) is 16.7 Å². The van der Waals surface area contributed by atoms with E-state index in [1.54, 1.807) is 4.52 Å². The molecular formula is C22H29N5OS. The molecule has 0 radical (unpaired) electrons. The third-order valence-electron chi connectivity index (χ3n) is 5.25. The van der Waals surface area contributed by atoms with Crippen molar-refractivity contribution in [1.82, 2.24) is 24.9 Å². The van der Waals surface area contributed by atoms with Crippen LogP contribution in [0.5, 0.6) is 0 Å². The van der Waals surface area contributed by atoms with Gasteiger partial charge in [0.25, 0.3) is 5.78 Å². The van der Waals surface area contributed by atoms with Gasteiger partial charge in [-0.1, -0.05) is 42.4 Å². The summed E-state index contributed by atoms with van der Waals surface area (Å²) < 4.78 is 1.79. The van der Waals surface area contributed by atoms with Gasteiger partial charge >= 0.3 is 0 Å². The molecule has 1 amide bonds. The topological polar surface area (TPSA) is 72.2 Å². The SMILES string of the molecule is CCC(C)NC(=O)CSc1nc2nc(C)c(Cc3cc(C)ccc3C)c(C)n2n1.